The van der Waals surface area contributed by atoms with Gasteiger partial charge in [0.25, 0.3) is 0 Å². The second kappa shape index (κ2) is 15.3. The van der Waals surface area contributed by atoms with E-state index < -0.39 is 11.2 Å². The lowest BCUT2D eigenvalue weighted by molar-refractivity contribution is -0.289. The maximum atomic E-state index is 6.48. The van der Waals surface area contributed by atoms with Crippen LogP contribution in [-0.2, 0) is 24.4 Å². The van der Waals surface area contributed by atoms with Crippen molar-refractivity contribution in [2.75, 3.05) is 52.9 Å². The van der Waals surface area contributed by atoms with Gasteiger partial charge in [-0.25, -0.2) is 0 Å². The molecule has 0 radical (unpaired) electrons. The molecule has 1 aliphatic carbocycles. The average molecular weight is 679 g/mol. The maximum Gasteiger partial charge on any atom is 0.162 e. The van der Waals surface area contributed by atoms with Crippen LogP contribution in [0.4, 0.5) is 0 Å². The highest BCUT2D eigenvalue weighted by Crippen LogP contribution is 2.56. The Balaban J connectivity index is 1.32. The monoisotopic (exact) mass is 678 g/mol. The lowest BCUT2D eigenvalue weighted by Crippen LogP contribution is -2.49. The average Bonchev–Trinajstić information content (AvgIpc) is 3.46. The summed E-state index contributed by atoms with van der Waals surface area (Å²) < 4.78 is 36.7. The van der Waals surface area contributed by atoms with E-state index >= 15 is 0 Å². The van der Waals surface area contributed by atoms with E-state index in [1.54, 1.807) is 0 Å². The lowest BCUT2D eigenvalue weighted by atomic mass is 9.68. The zero-order chi connectivity index (χ0) is 35.2. The zero-order valence-corrected chi connectivity index (χ0v) is 30.8. The van der Waals surface area contributed by atoms with Crippen molar-refractivity contribution in [2.45, 2.75) is 65.6 Å². The molecule has 1 saturated heterocycles. The van der Waals surface area contributed by atoms with Gasteiger partial charge in [-0.15, -0.1) is 0 Å². The van der Waals surface area contributed by atoms with E-state index in [0.29, 0.717) is 52.9 Å². The normalized spacial score (nSPS) is 17.2. The van der Waals surface area contributed by atoms with Crippen LogP contribution in [-0.4, -0.2) is 58.6 Å². The maximum absolute atomic E-state index is 6.48. The number of hydrogen-bond acceptors (Lipinski definition) is 6. The summed E-state index contributed by atoms with van der Waals surface area (Å²) >= 11 is 0. The van der Waals surface area contributed by atoms with Crippen molar-refractivity contribution in [3.63, 3.8) is 0 Å². The topological polar surface area (TPSA) is 55.4 Å². The van der Waals surface area contributed by atoms with E-state index in [4.69, 9.17) is 28.4 Å². The molecule has 0 N–H and O–H groups in total. The molecule has 6 rings (SSSR count). The first kappa shape index (κ1) is 36.1. The van der Waals surface area contributed by atoms with E-state index in [1.165, 1.54) is 33.4 Å². The third-order valence-electron chi connectivity index (χ3n) is 10.8. The lowest BCUT2D eigenvalue weighted by Gasteiger charge is -2.42. The highest BCUT2D eigenvalue weighted by molar-refractivity contribution is 5.86. The second-order valence-corrected chi connectivity index (χ2v) is 14.4. The number of rotatable bonds is 16. The summed E-state index contributed by atoms with van der Waals surface area (Å²) in [7, 11) is 0. The fourth-order valence-electron chi connectivity index (χ4n) is 7.29. The van der Waals surface area contributed by atoms with E-state index in [9.17, 15) is 0 Å². The number of fused-ring (bicyclic) bond motifs is 3. The van der Waals surface area contributed by atoms with Crippen LogP contribution in [0.1, 0.15) is 76.6 Å². The molecule has 6 heteroatoms. The smallest absolute Gasteiger partial charge is 0.162 e. The summed E-state index contributed by atoms with van der Waals surface area (Å²) in [6, 6.07) is 34.9. The molecule has 1 heterocycles. The first-order chi connectivity index (χ1) is 24.2. The molecule has 2 aliphatic rings. The largest absolute Gasteiger partial charge is 0.493 e. The third kappa shape index (κ3) is 7.09. The fraction of sp³-hybridized carbons (Fsp3) is 0.455. The second-order valence-electron chi connectivity index (χ2n) is 14.4. The Labute approximate surface area is 299 Å². The van der Waals surface area contributed by atoms with Crippen LogP contribution < -0.4 is 9.47 Å². The van der Waals surface area contributed by atoms with Crippen LogP contribution in [0.15, 0.2) is 97.1 Å². The van der Waals surface area contributed by atoms with Gasteiger partial charge in [0.2, 0.25) is 0 Å². The van der Waals surface area contributed by atoms with Gasteiger partial charge in [-0.3, -0.25) is 0 Å². The van der Waals surface area contributed by atoms with E-state index in [-0.39, 0.29) is 10.8 Å². The van der Waals surface area contributed by atoms with Crippen molar-refractivity contribution in [1.29, 1.82) is 0 Å². The molecule has 0 saturated carbocycles. The van der Waals surface area contributed by atoms with Gasteiger partial charge in [-0.2, -0.15) is 0 Å². The molecular weight excluding hydrogens is 624 g/mol. The Kier molecular flexibility index (Phi) is 11.0. The van der Waals surface area contributed by atoms with Crippen LogP contribution in [0, 0.1) is 10.8 Å². The molecule has 0 bridgehead atoms. The summed E-state index contributed by atoms with van der Waals surface area (Å²) in [5.74, 6) is 1.12. The van der Waals surface area contributed by atoms with Gasteiger partial charge in [0, 0.05) is 13.2 Å². The van der Waals surface area contributed by atoms with Gasteiger partial charge >= 0.3 is 0 Å². The van der Waals surface area contributed by atoms with Gasteiger partial charge < -0.3 is 28.4 Å². The quantitative estimate of drug-likeness (QED) is 0.104. The Morgan fingerprint density at radius 1 is 0.600 bits per heavy atom. The molecule has 266 valence electrons. The highest BCUT2D eigenvalue weighted by Gasteiger charge is 2.46. The number of hydrogen-bond donors (Lipinski definition) is 0. The molecule has 1 fully saturated rings. The van der Waals surface area contributed by atoms with Crippen molar-refractivity contribution in [1.82, 2.24) is 0 Å². The SMILES string of the molecule is CCOCC(CC)(COCC)COc1ccc(C2(c3ccc(OCC4(CC)COC(C)(C)OC4)cc3)c3ccccc3-c3ccccc32)cc1. The fourth-order valence-corrected chi connectivity index (χ4v) is 7.29. The molecule has 0 amide bonds. The summed E-state index contributed by atoms with van der Waals surface area (Å²) in [5, 5.41) is 0. The minimum atomic E-state index is -0.555. The minimum absolute atomic E-state index is 0.175. The highest BCUT2D eigenvalue weighted by atomic mass is 16.7. The third-order valence-corrected chi connectivity index (χ3v) is 10.8. The van der Waals surface area contributed by atoms with Crippen molar-refractivity contribution in [3.05, 3.63) is 119 Å². The zero-order valence-electron chi connectivity index (χ0n) is 30.8. The van der Waals surface area contributed by atoms with Crippen molar-refractivity contribution in [2.24, 2.45) is 10.8 Å². The molecule has 4 aromatic carbocycles. The Morgan fingerprint density at radius 3 is 1.54 bits per heavy atom. The van der Waals surface area contributed by atoms with Crippen LogP contribution in [0.3, 0.4) is 0 Å². The number of ether oxygens (including phenoxy) is 6. The molecule has 0 aromatic heterocycles. The van der Waals surface area contributed by atoms with Gasteiger partial charge in [0.15, 0.2) is 5.79 Å². The van der Waals surface area contributed by atoms with Crippen molar-refractivity contribution >= 4 is 0 Å². The van der Waals surface area contributed by atoms with Crippen molar-refractivity contribution in [3.8, 4) is 22.6 Å². The predicted molar refractivity (Wildman–Crippen MR) is 199 cm³/mol. The molecule has 50 heavy (non-hydrogen) atoms. The van der Waals surface area contributed by atoms with E-state index in [2.05, 4.69) is 111 Å². The summed E-state index contributed by atoms with van der Waals surface area (Å²) in [4.78, 5) is 0. The van der Waals surface area contributed by atoms with Crippen LogP contribution in [0.2, 0.25) is 0 Å². The molecule has 0 atom stereocenters. The Morgan fingerprint density at radius 2 is 1.08 bits per heavy atom. The first-order valence-electron chi connectivity index (χ1n) is 18.3. The minimum Gasteiger partial charge on any atom is -0.493 e. The van der Waals surface area contributed by atoms with Gasteiger partial charge in [-0.05, 0) is 98.2 Å². The predicted octanol–water partition coefficient (Wildman–Crippen LogP) is 9.46. The summed E-state index contributed by atoms with van der Waals surface area (Å²) in [6.07, 6.45) is 1.82. The molecule has 0 spiro atoms. The summed E-state index contributed by atoms with van der Waals surface area (Å²) in [5.41, 5.74) is 6.53. The van der Waals surface area contributed by atoms with Gasteiger partial charge in [0.1, 0.15) is 11.5 Å². The molecule has 0 unspecified atom stereocenters. The molecular formula is C44H54O6. The van der Waals surface area contributed by atoms with Crippen LogP contribution >= 0.6 is 0 Å². The summed E-state index contributed by atoms with van der Waals surface area (Å²) in [6.45, 7) is 17.2. The van der Waals surface area contributed by atoms with Gasteiger partial charge in [0.05, 0.1) is 55.9 Å². The Hall–Kier alpha value is -3.68. The van der Waals surface area contributed by atoms with Gasteiger partial charge in [-0.1, -0.05) is 86.6 Å². The molecule has 4 aromatic rings. The van der Waals surface area contributed by atoms with Crippen molar-refractivity contribution < 1.29 is 28.4 Å². The molecule has 6 nitrogen and oxygen atoms in total. The van der Waals surface area contributed by atoms with E-state index in [0.717, 1.165) is 24.3 Å². The van der Waals surface area contributed by atoms with E-state index in [1.807, 2.05) is 27.7 Å². The molecule has 1 aliphatic heterocycles. The Bertz CT molecular complexity index is 1630. The number of benzene rings is 4. The standard InChI is InChI=1S/C44H54O6/c1-7-42(27-45-9-3,28-46-10-4)29-47-35-23-19-33(20-24-35)44(39-17-13-11-15-37(39)38-16-12-14-18-40(38)44)34-21-25-36(26-22-34)48-30-43(8-2)31-49-41(5,6)50-32-43/h11-26H,7-10,27-32H2,1-6H3. The first-order valence-corrected chi connectivity index (χ1v) is 18.3. The van der Waals surface area contributed by atoms with Crippen LogP contribution in [0.5, 0.6) is 11.5 Å². The van der Waals surface area contributed by atoms with Crippen LogP contribution in [0.25, 0.3) is 11.1 Å².